The first kappa shape index (κ1) is 13.9. The number of carbonyl (C=O) groups is 1. The van der Waals surface area contributed by atoms with Crippen LogP contribution in [0.3, 0.4) is 0 Å². The highest BCUT2D eigenvalue weighted by Crippen LogP contribution is 2.32. The molecule has 2 heterocycles. The summed E-state index contributed by atoms with van der Waals surface area (Å²) in [6.45, 7) is 2.35. The Labute approximate surface area is 117 Å². The SMILES string of the molecule is CCOC(=O)CCCCc1cc2c(s1)CCSC2. The molecule has 0 unspecified atom stereocenters. The highest BCUT2D eigenvalue weighted by atomic mass is 32.2. The van der Waals surface area contributed by atoms with Gasteiger partial charge in [-0.2, -0.15) is 11.8 Å². The van der Waals surface area contributed by atoms with Crippen LogP contribution in [0, 0.1) is 0 Å². The fraction of sp³-hybridized carbons (Fsp3) is 0.643. The number of esters is 1. The Morgan fingerprint density at radius 2 is 2.33 bits per heavy atom. The molecule has 0 fully saturated rings. The largest absolute Gasteiger partial charge is 0.466 e. The van der Waals surface area contributed by atoms with E-state index in [0.29, 0.717) is 13.0 Å². The normalized spacial score (nSPS) is 14.3. The van der Waals surface area contributed by atoms with Gasteiger partial charge in [0.05, 0.1) is 6.61 Å². The summed E-state index contributed by atoms with van der Waals surface area (Å²) >= 11 is 4.01. The maximum atomic E-state index is 11.2. The van der Waals surface area contributed by atoms with Crippen molar-refractivity contribution in [2.75, 3.05) is 12.4 Å². The van der Waals surface area contributed by atoms with Crippen LogP contribution in [0.4, 0.5) is 0 Å². The number of ether oxygens (including phenoxy) is 1. The lowest BCUT2D eigenvalue weighted by molar-refractivity contribution is -0.143. The molecule has 0 aromatic carbocycles. The Morgan fingerprint density at radius 3 is 3.11 bits per heavy atom. The Bertz CT molecular complexity index is 375. The molecule has 0 spiro atoms. The lowest BCUT2D eigenvalue weighted by Gasteiger charge is -2.08. The van der Waals surface area contributed by atoms with Crippen molar-refractivity contribution in [1.29, 1.82) is 0 Å². The third-order valence-corrected chi connectivity index (χ3v) is 5.34. The van der Waals surface area contributed by atoms with Crippen molar-refractivity contribution in [3.8, 4) is 0 Å². The molecule has 0 N–H and O–H groups in total. The molecule has 0 saturated carbocycles. The first-order chi connectivity index (χ1) is 8.79. The molecule has 18 heavy (non-hydrogen) atoms. The van der Waals surface area contributed by atoms with Crippen LogP contribution in [0.25, 0.3) is 0 Å². The molecule has 0 amide bonds. The molecule has 100 valence electrons. The van der Waals surface area contributed by atoms with E-state index in [1.54, 1.807) is 10.4 Å². The van der Waals surface area contributed by atoms with E-state index < -0.39 is 0 Å². The molecule has 2 rings (SSSR count). The van der Waals surface area contributed by atoms with Gasteiger partial charge in [-0.05, 0) is 50.0 Å². The summed E-state index contributed by atoms with van der Waals surface area (Å²) in [6, 6.07) is 2.37. The van der Waals surface area contributed by atoms with Gasteiger partial charge in [-0.15, -0.1) is 11.3 Å². The molecule has 0 aliphatic carbocycles. The number of hydrogen-bond donors (Lipinski definition) is 0. The van der Waals surface area contributed by atoms with E-state index in [4.69, 9.17) is 4.74 Å². The van der Waals surface area contributed by atoms with E-state index in [1.165, 1.54) is 22.8 Å². The van der Waals surface area contributed by atoms with Crippen molar-refractivity contribution >= 4 is 29.1 Å². The smallest absolute Gasteiger partial charge is 0.305 e. The number of aryl methyl sites for hydroxylation is 2. The van der Waals surface area contributed by atoms with Crippen LogP contribution in [-0.4, -0.2) is 18.3 Å². The zero-order valence-corrected chi connectivity index (χ0v) is 12.5. The summed E-state index contributed by atoms with van der Waals surface area (Å²) in [4.78, 5) is 14.3. The van der Waals surface area contributed by atoms with Crippen LogP contribution in [0.2, 0.25) is 0 Å². The first-order valence-electron chi connectivity index (χ1n) is 6.63. The monoisotopic (exact) mass is 284 g/mol. The molecule has 0 radical (unpaired) electrons. The third-order valence-electron chi connectivity index (χ3n) is 3.04. The third kappa shape index (κ3) is 4.02. The highest BCUT2D eigenvalue weighted by Gasteiger charge is 2.13. The Balaban J connectivity index is 1.70. The predicted molar refractivity (Wildman–Crippen MR) is 78.4 cm³/mol. The molecule has 0 bridgehead atoms. The van der Waals surface area contributed by atoms with Crippen molar-refractivity contribution in [3.63, 3.8) is 0 Å². The molecule has 0 atom stereocenters. The van der Waals surface area contributed by atoms with Gasteiger partial charge >= 0.3 is 5.97 Å². The molecule has 1 aliphatic rings. The maximum absolute atomic E-state index is 11.2. The summed E-state index contributed by atoms with van der Waals surface area (Å²) < 4.78 is 4.92. The molecule has 2 nitrogen and oxygen atoms in total. The van der Waals surface area contributed by atoms with Crippen molar-refractivity contribution in [2.24, 2.45) is 0 Å². The van der Waals surface area contributed by atoms with Crippen molar-refractivity contribution < 1.29 is 9.53 Å². The average molecular weight is 284 g/mol. The van der Waals surface area contributed by atoms with E-state index in [9.17, 15) is 4.79 Å². The summed E-state index contributed by atoms with van der Waals surface area (Å²) in [6.07, 6.45) is 4.95. The summed E-state index contributed by atoms with van der Waals surface area (Å²) in [5.74, 6) is 2.41. The van der Waals surface area contributed by atoms with Crippen LogP contribution in [-0.2, 0) is 28.1 Å². The molecular formula is C14H20O2S2. The topological polar surface area (TPSA) is 26.3 Å². The average Bonchev–Trinajstić information content (AvgIpc) is 2.77. The molecule has 4 heteroatoms. The Hall–Kier alpha value is -0.480. The summed E-state index contributed by atoms with van der Waals surface area (Å²) in [7, 11) is 0. The number of thiophene rings is 1. The number of unbranched alkanes of at least 4 members (excludes halogenated alkanes) is 1. The zero-order valence-electron chi connectivity index (χ0n) is 10.9. The van der Waals surface area contributed by atoms with Gasteiger partial charge in [0, 0.05) is 21.9 Å². The lowest BCUT2D eigenvalue weighted by atomic mass is 10.1. The quantitative estimate of drug-likeness (QED) is 0.587. The second-order valence-corrected chi connectivity index (χ2v) is 6.80. The fourth-order valence-electron chi connectivity index (χ4n) is 2.13. The number of thioether (sulfide) groups is 1. The maximum Gasteiger partial charge on any atom is 0.305 e. The Kier molecular flexibility index (Phi) is 5.57. The molecule has 0 saturated heterocycles. The molecular weight excluding hydrogens is 264 g/mol. The van der Waals surface area contributed by atoms with Crippen LogP contribution in [0.15, 0.2) is 6.07 Å². The molecule has 1 aromatic rings. The number of hydrogen-bond acceptors (Lipinski definition) is 4. The van der Waals surface area contributed by atoms with Gasteiger partial charge in [-0.25, -0.2) is 0 Å². The second-order valence-electron chi connectivity index (χ2n) is 4.48. The second kappa shape index (κ2) is 7.19. The predicted octanol–water partition coefficient (Wildman–Crippen LogP) is 3.81. The van der Waals surface area contributed by atoms with Crippen molar-refractivity contribution in [1.82, 2.24) is 0 Å². The van der Waals surface area contributed by atoms with Gasteiger partial charge in [0.2, 0.25) is 0 Å². The van der Waals surface area contributed by atoms with Gasteiger partial charge in [0.25, 0.3) is 0 Å². The standard InChI is InChI=1S/C14H20O2S2/c1-2-16-14(15)6-4-3-5-12-9-11-10-17-8-7-13(11)18-12/h9H,2-8,10H2,1H3. The van der Waals surface area contributed by atoms with Gasteiger partial charge in [0.15, 0.2) is 0 Å². The minimum absolute atomic E-state index is 0.0561. The van der Waals surface area contributed by atoms with Crippen molar-refractivity contribution in [2.45, 2.75) is 44.8 Å². The van der Waals surface area contributed by atoms with Crippen LogP contribution in [0.5, 0.6) is 0 Å². The van der Waals surface area contributed by atoms with Crippen molar-refractivity contribution in [3.05, 3.63) is 21.4 Å². The van der Waals surface area contributed by atoms with Crippen LogP contribution in [0.1, 0.15) is 41.5 Å². The van der Waals surface area contributed by atoms with E-state index in [1.807, 2.05) is 30.0 Å². The lowest BCUT2D eigenvalue weighted by Crippen LogP contribution is -2.03. The summed E-state index contributed by atoms with van der Waals surface area (Å²) in [5, 5.41) is 0. The number of carbonyl (C=O) groups excluding carboxylic acids is 1. The van der Waals surface area contributed by atoms with E-state index in [2.05, 4.69) is 6.07 Å². The minimum Gasteiger partial charge on any atom is -0.466 e. The summed E-state index contributed by atoms with van der Waals surface area (Å²) in [5.41, 5.74) is 1.55. The molecule has 1 aliphatic heterocycles. The first-order valence-corrected chi connectivity index (χ1v) is 8.60. The fourth-order valence-corrected chi connectivity index (χ4v) is 4.55. The van der Waals surface area contributed by atoms with E-state index in [-0.39, 0.29) is 5.97 Å². The Morgan fingerprint density at radius 1 is 1.44 bits per heavy atom. The van der Waals surface area contributed by atoms with E-state index >= 15 is 0 Å². The van der Waals surface area contributed by atoms with Crippen LogP contribution >= 0.6 is 23.1 Å². The number of rotatable bonds is 6. The van der Waals surface area contributed by atoms with Gasteiger partial charge in [-0.3, -0.25) is 4.79 Å². The van der Waals surface area contributed by atoms with Gasteiger partial charge in [0.1, 0.15) is 0 Å². The highest BCUT2D eigenvalue weighted by molar-refractivity contribution is 7.98. The zero-order chi connectivity index (χ0) is 12.8. The minimum atomic E-state index is -0.0561. The number of fused-ring (bicyclic) bond motifs is 1. The van der Waals surface area contributed by atoms with Crippen LogP contribution < -0.4 is 0 Å². The van der Waals surface area contributed by atoms with Gasteiger partial charge < -0.3 is 4.74 Å². The van der Waals surface area contributed by atoms with E-state index in [0.717, 1.165) is 19.3 Å². The van der Waals surface area contributed by atoms with Gasteiger partial charge in [-0.1, -0.05) is 0 Å². The molecule has 1 aromatic heterocycles.